The summed E-state index contributed by atoms with van der Waals surface area (Å²) in [6, 6.07) is 30.3. The van der Waals surface area contributed by atoms with E-state index in [4.69, 9.17) is 14.7 Å². The zero-order valence-electron chi connectivity index (χ0n) is 27.6. The number of methoxy groups -OCH3 is 2. The molecule has 1 saturated heterocycles. The Balaban J connectivity index is 0.00000157. The SMILES string of the molecule is CC#N.CC1(C)O[C@@H](C(O)(C2=CC=CCC2)c2ccccc2)[C@H](C(O)(c2ccccc2)c2ccccc2)O1.COCCOC.[Cl-].[Cl-].[Ti+2]. The summed E-state index contributed by atoms with van der Waals surface area (Å²) in [5.74, 6) is -1.03. The molecule has 0 bridgehead atoms. The average molecular weight is 719 g/mol. The predicted octanol–water partition coefficient (Wildman–Crippen LogP) is 0.421. The van der Waals surface area contributed by atoms with Crippen molar-refractivity contribution < 1.29 is 75.7 Å². The fourth-order valence-electron chi connectivity index (χ4n) is 5.56. The molecule has 0 spiro atoms. The average Bonchev–Trinajstić information content (AvgIpc) is 3.41. The van der Waals surface area contributed by atoms with E-state index in [1.165, 1.54) is 6.92 Å². The van der Waals surface area contributed by atoms with Crippen molar-refractivity contribution in [1.82, 2.24) is 0 Å². The first kappa shape index (κ1) is 44.7. The Labute approximate surface area is 307 Å². The van der Waals surface area contributed by atoms with Gasteiger partial charge < -0.3 is 54.0 Å². The van der Waals surface area contributed by atoms with Crippen LogP contribution in [0, 0.1) is 11.3 Å². The summed E-state index contributed by atoms with van der Waals surface area (Å²) < 4.78 is 22.4. The third-order valence-corrected chi connectivity index (χ3v) is 7.56. The van der Waals surface area contributed by atoms with E-state index in [-0.39, 0.29) is 46.5 Å². The van der Waals surface area contributed by atoms with Crippen molar-refractivity contribution in [2.24, 2.45) is 0 Å². The first-order valence-electron chi connectivity index (χ1n) is 14.8. The maximum absolute atomic E-state index is 12.6. The second-order valence-corrected chi connectivity index (χ2v) is 11.0. The van der Waals surface area contributed by atoms with E-state index in [0.29, 0.717) is 36.3 Å². The fraction of sp³-hybridized carbons (Fsp3) is 0.378. The van der Waals surface area contributed by atoms with Gasteiger partial charge in [0.2, 0.25) is 0 Å². The van der Waals surface area contributed by atoms with Crippen molar-refractivity contribution >= 4 is 0 Å². The molecule has 252 valence electrons. The third kappa shape index (κ3) is 11.1. The normalized spacial score (nSPS) is 18.8. The zero-order valence-corrected chi connectivity index (χ0v) is 30.7. The Bertz CT molecular complexity index is 1340. The molecule has 1 aliphatic heterocycles. The van der Waals surface area contributed by atoms with E-state index >= 15 is 0 Å². The van der Waals surface area contributed by atoms with Crippen LogP contribution in [0.3, 0.4) is 0 Å². The maximum Gasteiger partial charge on any atom is 2.00 e. The zero-order chi connectivity index (χ0) is 32.1. The van der Waals surface area contributed by atoms with Crippen LogP contribution >= 0.6 is 0 Å². The van der Waals surface area contributed by atoms with E-state index in [2.05, 4.69) is 15.5 Å². The van der Waals surface area contributed by atoms with Crippen molar-refractivity contribution in [2.75, 3.05) is 27.4 Å². The molecule has 1 fully saturated rings. The van der Waals surface area contributed by atoms with Crippen LogP contribution in [0.1, 0.15) is 50.3 Å². The molecule has 3 aromatic carbocycles. The molecular formula is C37H45Cl2NO6Ti. The van der Waals surface area contributed by atoms with Gasteiger partial charge in [0.1, 0.15) is 23.4 Å². The number of ether oxygens (including phenoxy) is 4. The van der Waals surface area contributed by atoms with Gasteiger partial charge in [-0.05, 0) is 49.0 Å². The van der Waals surface area contributed by atoms with E-state index in [1.54, 1.807) is 20.3 Å². The molecule has 47 heavy (non-hydrogen) atoms. The van der Waals surface area contributed by atoms with Gasteiger partial charge in [0, 0.05) is 21.1 Å². The largest absolute Gasteiger partial charge is 2.00 e. The minimum Gasteiger partial charge on any atom is -1.00 e. The molecule has 2 N–H and O–H groups in total. The first-order valence-corrected chi connectivity index (χ1v) is 14.8. The number of benzene rings is 3. The molecule has 1 heterocycles. The summed E-state index contributed by atoms with van der Waals surface area (Å²) in [6.07, 6.45) is 5.75. The number of allylic oxidation sites excluding steroid dienone is 3. The van der Waals surface area contributed by atoms with Crippen LogP contribution in [0.2, 0.25) is 0 Å². The van der Waals surface area contributed by atoms with Crippen molar-refractivity contribution in [3.05, 3.63) is 131 Å². The molecule has 0 radical (unpaired) electrons. The Morgan fingerprint density at radius 2 is 1.13 bits per heavy atom. The second-order valence-electron chi connectivity index (χ2n) is 11.0. The van der Waals surface area contributed by atoms with Gasteiger partial charge in [0.25, 0.3) is 0 Å². The summed E-state index contributed by atoms with van der Waals surface area (Å²) in [5.41, 5.74) is -0.185. The van der Waals surface area contributed by atoms with E-state index in [1.807, 2.05) is 117 Å². The Morgan fingerprint density at radius 1 is 0.766 bits per heavy atom. The molecule has 2 aliphatic rings. The fourth-order valence-corrected chi connectivity index (χ4v) is 5.56. The van der Waals surface area contributed by atoms with Crippen LogP contribution in [0.15, 0.2) is 115 Å². The second kappa shape index (κ2) is 21.6. The van der Waals surface area contributed by atoms with E-state index in [9.17, 15) is 10.2 Å². The molecule has 0 saturated carbocycles. The van der Waals surface area contributed by atoms with Crippen LogP contribution in [0.25, 0.3) is 0 Å². The standard InChI is InChI=1S/C31H32O4.C4H10O2.C2H3N.2ClH.Ti/c1-29(2)34-27(30(32,23-15-7-3-8-16-23)24-17-9-4-10-18-24)28(35-29)31(33,25-19-11-5-12-20-25)26-21-13-6-14-22-26;1-5-3-4-6-2;1-2-3;;;/h3-13,15-21,27-28,32-33H,14,22H2,1-2H3;3-4H2,1-2H3;1H3;2*1H;/q;;;;;+2/p-2/t27-,28-,31?;;;;;/m1...../s1. The summed E-state index contributed by atoms with van der Waals surface area (Å²) in [5, 5.41) is 32.6. The van der Waals surface area contributed by atoms with Gasteiger partial charge in [-0.1, -0.05) is 109 Å². The predicted molar refractivity (Wildman–Crippen MR) is 172 cm³/mol. The summed E-state index contributed by atoms with van der Waals surface area (Å²) >= 11 is 0. The number of nitriles is 1. The van der Waals surface area contributed by atoms with Crippen molar-refractivity contribution in [3.63, 3.8) is 0 Å². The number of rotatable bonds is 9. The topological polar surface area (TPSA) is 101 Å². The Hall–Kier alpha value is -2.32. The molecule has 3 atom stereocenters. The minimum atomic E-state index is -1.57. The molecule has 7 nitrogen and oxygen atoms in total. The molecule has 0 amide bonds. The van der Waals surface area contributed by atoms with Crippen LogP contribution in [0.5, 0.6) is 0 Å². The smallest absolute Gasteiger partial charge is 1.00 e. The summed E-state index contributed by atoms with van der Waals surface area (Å²) in [6.45, 7) is 6.47. The summed E-state index contributed by atoms with van der Waals surface area (Å²) in [7, 11) is 3.30. The Kier molecular flexibility index (Phi) is 20.5. The third-order valence-electron chi connectivity index (χ3n) is 7.56. The van der Waals surface area contributed by atoms with Gasteiger partial charge in [0.15, 0.2) is 5.79 Å². The van der Waals surface area contributed by atoms with E-state index < -0.39 is 29.2 Å². The number of nitrogens with zero attached hydrogens (tertiary/aromatic N) is 1. The first-order chi connectivity index (χ1) is 21.2. The number of aliphatic hydroxyl groups is 2. The molecular weight excluding hydrogens is 673 g/mol. The monoisotopic (exact) mass is 717 g/mol. The number of hydrogen-bond donors (Lipinski definition) is 2. The molecule has 5 rings (SSSR count). The Morgan fingerprint density at radius 3 is 1.47 bits per heavy atom. The van der Waals surface area contributed by atoms with Crippen molar-refractivity contribution in [2.45, 2.75) is 62.8 Å². The van der Waals surface area contributed by atoms with Crippen LogP contribution in [-0.4, -0.2) is 55.6 Å². The minimum absolute atomic E-state index is 0. The molecule has 0 aromatic heterocycles. The number of hydrogen-bond acceptors (Lipinski definition) is 7. The number of halogens is 2. The van der Waals surface area contributed by atoms with Gasteiger partial charge >= 0.3 is 21.7 Å². The van der Waals surface area contributed by atoms with E-state index in [0.717, 1.165) is 12.0 Å². The van der Waals surface area contributed by atoms with Crippen LogP contribution < -0.4 is 24.8 Å². The van der Waals surface area contributed by atoms with Gasteiger partial charge in [-0.3, -0.25) is 0 Å². The molecule has 1 aliphatic carbocycles. The van der Waals surface area contributed by atoms with Gasteiger partial charge in [0.05, 0.1) is 19.3 Å². The summed E-state index contributed by atoms with van der Waals surface area (Å²) in [4.78, 5) is 0. The van der Waals surface area contributed by atoms with Gasteiger partial charge in [-0.2, -0.15) is 5.26 Å². The van der Waals surface area contributed by atoms with Crippen molar-refractivity contribution in [1.29, 1.82) is 5.26 Å². The maximum atomic E-state index is 12.6. The molecule has 1 unspecified atom stereocenters. The van der Waals surface area contributed by atoms with Gasteiger partial charge in [-0.15, -0.1) is 0 Å². The van der Waals surface area contributed by atoms with Gasteiger partial charge in [-0.25, -0.2) is 0 Å². The molecule has 3 aromatic rings. The van der Waals surface area contributed by atoms with Crippen LogP contribution in [0.4, 0.5) is 0 Å². The van der Waals surface area contributed by atoms with Crippen LogP contribution in [-0.2, 0) is 51.9 Å². The molecule has 10 heteroatoms. The van der Waals surface area contributed by atoms with Crippen molar-refractivity contribution in [3.8, 4) is 6.07 Å². The quantitative estimate of drug-likeness (QED) is 0.245.